The summed E-state index contributed by atoms with van der Waals surface area (Å²) in [7, 11) is -4.67. The molecule has 8 heteroatoms. The molecule has 0 radical (unpaired) electrons. The van der Waals surface area contributed by atoms with Crippen molar-refractivity contribution in [3.8, 4) is 0 Å². The number of hydrogen-bond acceptors (Lipinski definition) is 5. The number of carbonyl (C=O) groups is 1. The maximum Gasteiger partial charge on any atom is 0.394 e. The van der Waals surface area contributed by atoms with Gasteiger partial charge in [-0.1, -0.05) is 0 Å². The van der Waals surface area contributed by atoms with Gasteiger partial charge in [-0.05, 0) is 13.8 Å². The normalized spacial score (nSPS) is 11.3. The maximum absolute atomic E-state index is 10.6. The summed E-state index contributed by atoms with van der Waals surface area (Å²) >= 11 is 0. The van der Waals surface area contributed by atoms with Gasteiger partial charge < -0.3 is 10.5 Å². The minimum Gasteiger partial charge on any atom is -0.463 e. The van der Waals surface area contributed by atoms with Crippen LogP contribution < -0.4 is 5.73 Å². The van der Waals surface area contributed by atoms with Crippen molar-refractivity contribution in [3.05, 3.63) is 11.8 Å². The summed E-state index contributed by atoms with van der Waals surface area (Å²) in [6.07, 6.45) is 1.23. The Balaban J connectivity index is 0. The number of esters is 1. The van der Waals surface area contributed by atoms with Crippen LogP contribution in [0.15, 0.2) is 11.8 Å². The smallest absolute Gasteiger partial charge is 0.394 e. The lowest BCUT2D eigenvalue weighted by atomic mass is 10.3. The third-order valence-electron chi connectivity index (χ3n) is 0.847. The number of nitrogens with two attached hydrogens (primary N) is 1. The molecule has 0 bridgehead atoms. The fraction of sp³-hybridized carbons (Fsp3) is 0.500. The highest BCUT2D eigenvalue weighted by atomic mass is 32.3. The average molecular weight is 227 g/mol. The van der Waals surface area contributed by atoms with Crippen molar-refractivity contribution in [2.45, 2.75) is 13.8 Å². The first-order chi connectivity index (χ1) is 6.22. The highest BCUT2D eigenvalue weighted by Gasteiger charge is 2.00. The van der Waals surface area contributed by atoms with Crippen molar-refractivity contribution < 1.29 is 27.1 Å². The Morgan fingerprint density at radius 1 is 1.50 bits per heavy atom. The molecule has 0 rings (SSSR count). The Kier molecular flexibility index (Phi) is 8.01. The van der Waals surface area contributed by atoms with Gasteiger partial charge in [-0.3, -0.25) is 9.11 Å². The van der Waals surface area contributed by atoms with Gasteiger partial charge in [-0.15, -0.1) is 0 Å². The lowest BCUT2D eigenvalue weighted by Gasteiger charge is -1.98. The van der Waals surface area contributed by atoms with Gasteiger partial charge in [0.1, 0.15) is 0 Å². The van der Waals surface area contributed by atoms with Crippen LogP contribution in [0.1, 0.15) is 13.8 Å². The number of hydrogen-bond donors (Lipinski definition) is 3. The van der Waals surface area contributed by atoms with Gasteiger partial charge >= 0.3 is 16.4 Å². The van der Waals surface area contributed by atoms with Crippen molar-refractivity contribution >= 4 is 16.4 Å². The van der Waals surface area contributed by atoms with Gasteiger partial charge in [0.05, 0.1) is 6.61 Å². The fourth-order valence-corrected chi connectivity index (χ4v) is 0.313. The second-order valence-electron chi connectivity index (χ2n) is 2.02. The second kappa shape index (κ2) is 7.30. The molecule has 14 heavy (non-hydrogen) atoms. The monoisotopic (exact) mass is 227 g/mol. The van der Waals surface area contributed by atoms with E-state index in [4.69, 9.17) is 23.3 Å². The van der Waals surface area contributed by atoms with Crippen LogP contribution in [0.4, 0.5) is 0 Å². The first kappa shape index (κ1) is 15.4. The summed E-state index contributed by atoms with van der Waals surface area (Å²) in [5, 5.41) is 0. The zero-order valence-electron chi connectivity index (χ0n) is 7.80. The van der Waals surface area contributed by atoms with E-state index in [2.05, 4.69) is 4.74 Å². The van der Waals surface area contributed by atoms with Crippen LogP contribution in [-0.4, -0.2) is 30.1 Å². The molecule has 84 valence electrons. The largest absolute Gasteiger partial charge is 0.463 e. The molecule has 0 saturated carbocycles. The minimum absolute atomic E-state index is 0.347. The predicted molar refractivity (Wildman–Crippen MR) is 48.8 cm³/mol. The quantitative estimate of drug-likeness (QED) is 0.337. The van der Waals surface area contributed by atoms with Crippen LogP contribution in [0, 0.1) is 0 Å². The standard InChI is InChI=1S/C6H11NO2.H2O4S/c1-3-9-6(8)5(2)4-7;1-5(2,3)4/h4H,3,7H2,1-2H3;(H2,1,2,3,4). The molecule has 0 saturated heterocycles. The van der Waals surface area contributed by atoms with Crippen LogP contribution in [0.2, 0.25) is 0 Å². The first-order valence-corrected chi connectivity index (χ1v) is 4.87. The molecule has 0 heterocycles. The predicted octanol–water partition coefficient (Wildman–Crippen LogP) is -0.241. The van der Waals surface area contributed by atoms with E-state index in [0.717, 1.165) is 0 Å². The Hall–Kier alpha value is -1.12. The van der Waals surface area contributed by atoms with Crippen LogP contribution in [0.25, 0.3) is 0 Å². The molecule has 0 aromatic heterocycles. The molecule has 4 N–H and O–H groups in total. The SMILES string of the molecule is CCOC(=O)C(C)=CN.O=S(=O)(O)O. The van der Waals surface area contributed by atoms with E-state index >= 15 is 0 Å². The molecule has 0 aliphatic carbocycles. The van der Waals surface area contributed by atoms with E-state index in [1.54, 1.807) is 13.8 Å². The lowest BCUT2D eigenvalue weighted by Crippen LogP contribution is -2.06. The molecule has 0 amide bonds. The van der Waals surface area contributed by atoms with Gasteiger partial charge in [0, 0.05) is 11.8 Å². The van der Waals surface area contributed by atoms with Crippen molar-refractivity contribution in [1.29, 1.82) is 0 Å². The topological polar surface area (TPSA) is 127 Å². The van der Waals surface area contributed by atoms with E-state index in [1.807, 2.05) is 0 Å². The lowest BCUT2D eigenvalue weighted by molar-refractivity contribution is -0.138. The number of carbonyl (C=O) groups excluding carboxylic acids is 1. The maximum atomic E-state index is 10.6. The Morgan fingerprint density at radius 2 is 1.86 bits per heavy atom. The molecule has 0 aromatic rings. The summed E-state index contributed by atoms with van der Waals surface area (Å²) in [5.74, 6) is -0.347. The summed E-state index contributed by atoms with van der Waals surface area (Å²) in [6, 6.07) is 0. The Morgan fingerprint density at radius 3 is 2.07 bits per heavy atom. The van der Waals surface area contributed by atoms with Gasteiger partial charge in [0.2, 0.25) is 0 Å². The van der Waals surface area contributed by atoms with Crippen LogP contribution in [0.3, 0.4) is 0 Å². The highest BCUT2D eigenvalue weighted by molar-refractivity contribution is 7.79. The first-order valence-electron chi connectivity index (χ1n) is 3.47. The molecule has 7 nitrogen and oxygen atoms in total. The number of ether oxygens (including phenoxy) is 1. The van der Waals surface area contributed by atoms with E-state index in [0.29, 0.717) is 12.2 Å². The summed E-state index contributed by atoms with van der Waals surface area (Å²) in [6.45, 7) is 3.75. The average Bonchev–Trinajstić information content (AvgIpc) is 2.00. The molecular weight excluding hydrogens is 214 g/mol. The third kappa shape index (κ3) is 17.1. The van der Waals surface area contributed by atoms with Crippen molar-refractivity contribution in [1.82, 2.24) is 0 Å². The van der Waals surface area contributed by atoms with E-state index < -0.39 is 10.4 Å². The summed E-state index contributed by atoms with van der Waals surface area (Å²) in [4.78, 5) is 10.6. The molecule has 0 fully saturated rings. The molecule has 0 unspecified atom stereocenters. The van der Waals surface area contributed by atoms with Gasteiger partial charge in [0.15, 0.2) is 0 Å². The summed E-state index contributed by atoms with van der Waals surface area (Å²) < 4.78 is 36.2. The van der Waals surface area contributed by atoms with Crippen LogP contribution in [-0.2, 0) is 19.9 Å². The van der Waals surface area contributed by atoms with E-state index in [1.165, 1.54) is 6.20 Å². The zero-order valence-corrected chi connectivity index (χ0v) is 8.61. The van der Waals surface area contributed by atoms with Gasteiger partial charge in [0.25, 0.3) is 0 Å². The van der Waals surface area contributed by atoms with Crippen molar-refractivity contribution in [2.24, 2.45) is 5.73 Å². The fourth-order valence-electron chi connectivity index (χ4n) is 0.313. The minimum atomic E-state index is -4.67. The van der Waals surface area contributed by atoms with Gasteiger partial charge in [-0.25, -0.2) is 4.79 Å². The zero-order chi connectivity index (χ0) is 11.8. The molecule has 0 aliphatic rings. The molecule has 0 aromatic carbocycles. The van der Waals surface area contributed by atoms with Gasteiger partial charge in [-0.2, -0.15) is 8.42 Å². The molecular formula is C6H13NO6S. The third-order valence-corrected chi connectivity index (χ3v) is 0.847. The molecule has 0 spiro atoms. The van der Waals surface area contributed by atoms with Crippen LogP contribution in [0.5, 0.6) is 0 Å². The summed E-state index contributed by atoms with van der Waals surface area (Å²) in [5.41, 5.74) is 5.48. The number of rotatable bonds is 2. The molecule has 0 atom stereocenters. The second-order valence-corrected chi connectivity index (χ2v) is 2.91. The van der Waals surface area contributed by atoms with Crippen molar-refractivity contribution in [2.75, 3.05) is 6.61 Å². The van der Waals surface area contributed by atoms with E-state index in [9.17, 15) is 4.79 Å². The Bertz CT molecular complexity index is 285. The van der Waals surface area contributed by atoms with E-state index in [-0.39, 0.29) is 5.97 Å². The van der Waals surface area contributed by atoms with Crippen LogP contribution >= 0.6 is 0 Å². The van der Waals surface area contributed by atoms with Crippen molar-refractivity contribution in [3.63, 3.8) is 0 Å². The highest BCUT2D eigenvalue weighted by Crippen LogP contribution is 1.91. The molecule has 0 aliphatic heterocycles. The Labute approximate surface area is 82.1 Å².